The third kappa shape index (κ3) is 4.82. The van der Waals surface area contributed by atoms with Crippen LogP contribution in [0.4, 0.5) is 0 Å². The number of benzene rings is 2. The fourth-order valence-electron chi connectivity index (χ4n) is 5.73. The number of piperidine rings is 1. The normalized spacial score (nSPS) is 20.5. The van der Waals surface area contributed by atoms with Crippen molar-refractivity contribution < 1.29 is 4.74 Å². The molecule has 2 heterocycles. The van der Waals surface area contributed by atoms with Gasteiger partial charge in [0.25, 0.3) is 0 Å². The van der Waals surface area contributed by atoms with E-state index in [1.807, 2.05) is 0 Å². The van der Waals surface area contributed by atoms with E-state index in [0.717, 1.165) is 50.9 Å². The molecule has 2 fully saturated rings. The van der Waals surface area contributed by atoms with Crippen LogP contribution in [0.1, 0.15) is 54.7 Å². The molecule has 5 heteroatoms. The van der Waals surface area contributed by atoms with Crippen LogP contribution in [0.25, 0.3) is 0 Å². The lowest BCUT2D eigenvalue weighted by Gasteiger charge is -2.41. The van der Waals surface area contributed by atoms with Gasteiger partial charge in [-0.25, -0.2) is 4.99 Å². The highest BCUT2D eigenvalue weighted by Gasteiger charge is 2.44. The van der Waals surface area contributed by atoms with E-state index in [-0.39, 0.29) is 5.41 Å². The number of nitrogens with one attached hydrogen (secondary N) is 1. The molecule has 1 aliphatic carbocycles. The molecule has 0 bridgehead atoms. The molecule has 1 N–H and O–H groups in total. The Morgan fingerprint density at radius 3 is 2.53 bits per heavy atom. The molecule has 5 nitrogen and oxygen atoms in total. The summed E-state index contributed by atoms with van der Waals surface area (Å²) in [6.07, 6.45) is 6.01. The van der Waals surface area contributed by atoms with Crippen LogP contribution in [0.5, 0.6) is 5.75 Å². The minimum atomic E-state index is 0.0568. The number of rotatable bonds is 9. The Morgan fingerprint density at radius 2 is 1.82 bits per heavy atom. The highest BCUT2D eigenvalue weighted by molar-refractivity contribution is 6.09. The minimum absolute atomic E-state index is 0.0568. The van der Waals surface area contributed by atoms with E-state index in [1.165, 1.54) is 54.5 Å². The predicted molar refractivity (Wildman–Crippen MR) is 141 cm³/mol. The van der Waals surface area contributed by atoms with Crippen molar-refractivity contribution in [1.29, 1.82) is 0 Å². The quantitative estimate of drug-likeness (QED) is 0.552. The summed E-state index contributed by atoms with van der Waals surface area (Å²) in [4.78, 5) is 12.5. The Kier molecular flexibility index (Phi) is 7.12. The van der Waals surface area contributed by atoms with Crippen LogP contribution >= 0.6 is 0 Å². The smallest absolute Gasteiger partial charge is 0.134 e. The maximum Gasteiger partial charge on any atom is 0.134 e. The molecule has 34 heavy (non-hydrogen) atoms. The van der Waals surface area contributed by atoms with Crippen LogP contribution in [-0.2, 0) is 5.41 Å². The van der Waals surface area contributed by atoms with Gasteiger partial charge in [-0.2, -0.15) is 0 Å². The summed E-state index contributed by atoms with van der Waals surface area (Å²) in [5.41, 5.74) is 5.30. The summed E-state index contributed by atoms with van der Waals surface area (Å²) in [6, 6.07) is 17.5. The summed E-state index contributed by atoms with van der Waals surface area (Å²) in [7, 11) is 1.77. The summed E-state index contributed by atoms with van der Waals surface area (Å²) in [5, 5.41) is 3.63. The highest BCUT2D eigenvalue weighted by atomic mass is 16.5. The first kappa shape index (κ1) is 23.3. The Hall–Kier alpha value is -2.50. The monoisotopic (exact) mass is 458 g/mol. The summed E-state index contributed by atoms with van der Waals surface area (Å²) >= 11 is 0. The van der Waals surface area contributed by atoms with Gasteiger partial charge in [-0.3, -0.25) is 4.99 Å². The molecule has 2 aromatic rings. The fourth-order valence-corrected chi connectivity index (χ4v) is 5.73. The Labute approximate surface area is 204 Å². The topological polar surface area (TPSA) is 49.2 Å². The average Bonchev–Trinajstić information content (AvgIpc) is 3.31. The average molecular weight is 459 g/mol. The fraction of sp³-hybridized carbons (Fsp3) is 0.517. The molecule has 180 valence electrons. The van der Waals surface area contributed by atoms with Crippen molar-refractivity contribution in [3.05, 3.63) is 65.2 Å². The number of likely N-dealkylation sites (tertiary alicyclic amines) is 1. The lowest BCUT2D eigenvalue weighted by atomic mass is 9.63. The standard InChI is InChI=1S/C29H38N4O/c1-22-8-10-24(11-9-22)29(14-5-15-29)28-31-21-25(32-28)20-30-16-19-33-17-12-23(13-18-33)26-6-3-4-7-27(26)34-2/h3-4,6-11,23,30H,5,12-21H2,1-2H3. The van der Waals surface area contributed by atoms with Crippen LogP contribution in [0, 0.1) is 6.92 Å². The van der Waals surface area contributed by atoms with Gasteiger partial charge in [0, 0.05) is 19.6 Å². The van der Waals surface area contributed by atoms with Crippen molar-refractivity contribution >= 4 is 11.5 Å². The Balaban J connectivity index is 1.06. The summed E-state index contributed by atoms with van der Waals surface area (Å²) < 4.78 is 5.58. The summed E-state index contributed by atoms with van der Waals surface area (Å²) in [6.45, 7) is 8.13. The molecular formula is C29H38N4O. The minimum Gasteiger partial charge on any atom is -0.496 e. The Morgan fingerprint density at radius 1 is 1.06 bits per heavy atom. The number of para-hydroxylation sites is 1. The van der Waals surface area contributed by atoms with Gasteiger partial charge in [-0.15, -0.1) is 0 Å². The van der Waals surface area contributed by atoms with Gasteiger partial charge < -0.3 is 15.0 Å². The molecule has 2 aliphatic heterocycles. The zero-order valence-electron chi connectivity index (χ0n) is 20.7. The first-order chi connectivity index (χ1) is 16.7. The number of aryl methyl sites for hydroxylation is 1. The van der Waals surface area contributed by atoms with Crippen LogP contribution < -0.4 is 10.1 Å². The summed E-state index contributed by atoms with van der Waals surface area (Å²) in [5.74, 6) is 2.71. The van der Waals surface area contributed by atoms with Gasteiger partial charge in [0.1, 0.15) is 11.6 Å². The van der Waals surface area contributed by atoms with E-state index in [2.05, 4.69) is 65.7 Å². The van der Waals surface area contributed by atoms with Crippen LogP contribution in [-0.4, -0.2) is 62.8 Å². The molecule has 0 aromatic heterocycles. The van der Waals surface area contributed by atoms with Gasteiger partial charge in [0.15, 0.2) is 0 Å². The molecule has 0 atom stereocenters. The number of ether oxygens (including phenoxy) is 1. The van der Waals surface area contributed by atoms with Crippen LogP contribution in [0.2, 0.25) is 0 Å². The van der Waals surface area contributed by atoms with Crippen molar-refractivity contribution in [2.45, 2.75) is 50.4 Å². The first-order valence-corrected chi connectivity index (χ1v) is 12.9. The molecule has 0 amide bonds. The number of aliphatic imine (C=N–C) groups is 2. The van der Waals surface area contributed by atoms with Gasteiger partial charge >= 0.3 is 0 Å². The van der Waals surface area contributed by atoms with Crippen LogP contribution in [0.3, 0.4) is 0 Å². The zero-order chi connectivity index (χ0) is 23.4. The van der Waals surface area contributed by atoms with E-state index in [1.54, 1.807) is 7.11 Å². The molecule has 1 saturated heterocycles. The zero-order valence-corrected chi connectivity index (χ0v) is 20.7. The second-order valence-corrected chi connectivity index (χ2v) is 10.2. The highest BCUT2D eigenvalue weighted by Crippen LogP contribution is 2.46. The van der Waals surface area contributed by atoms with E-state index < -0.39 is 0 Å². The number of methoxy groups -OCH3 is 1. The Bertz CT molecular complexity index is 1030. The largest absolute Gasteiger partial charge is 0.496 e. The molecular weight excluding hydrogens is 420 g/mol. The van der Waals surface area contributed by atoms with Crippen molar-refractivity contribution in [3.8, 4) is 5.75 Å². The van der Waals surface area contributed by atoms with Crippen molar-refractivity contribution in [2.75, 3.05) is 46.4 Å². The lowest BCUT2D eigenvalue weighted by Crippen LogP contribution is -2.41. The number of hydrogen-bond acceptors (Lipinski definition) is 5. The van der Waals surface area contributed by atoms with Crippen molar-refractivity contribution in [3.63, 3.8) is 0 Å². The maximum atomic E-state index is 5.58. The van der Waals surface area contributed by atoms with Gasteiger partial charge in [0.05, 0.1) is 24.8 Å². The molecule has 0 radical (unpaired) electrons. The SMILES string of the molecule is COc1ccccc1C1CCN(CCNCC2=NC(C3(c4ccc(C)cc4)CCC3)=NC2)CC1. The first-order valence-electron chi connectivity index (χ1n) is 12.9. The molecule has 5 rings (SSSR count). The third-order valence-electron chi connectivity index (χ3n) is 8.01. The number of amidine groups is 1. The predicted octanol–water partition coefficient (Wildman–Crippen LogP) is 4.75. The maximum absolute atomic E-state index is 5.58. The van der Waals surface area contributed by atoms with E-state index in [0.29, 0.717) is 5.92 Å². The molecule has 2 aromatic carbocycles. The number of nitrogens with zero attached hydrogens (tertiary/aromatic N) is 3. The lowest BCUT2D eigenvalue weighted by molar-refractivity contribution is 0.212. The number of hydrogen-bond donors (Lipinski definition) is 1. The second kappa shape index (κ2) is 10.4. The second-order valence-electron chi connectivity index (χ2n) is 10.2. The molecule has 3 aliphatic rings. The molecule has 1 saturated carbocycles. The van der Waals surface area contributed by atoms with E-state index in [4.69, 9.17) is 14.7 Å². The van der Waals surface area contributed by atoms with Crippen molar-refractivity contribution in [2.24, 2.45) is 9.98 Å². The van der Waals surface area contributed by atoms with E-state index in [9.17, 15) is 0 Å². The molecule has 0 spiro atoms. The molecule has 0 unspecified atom stereocenters. The van der Waals surface area contributed by atoms with Gasteiger partial charge in [0.2, 0.25) is 0 Å². The van der Waals surface area contributed by atoms with Gasteiger partial charge in [-0.1, -0.05) is 54.4 Å². The van der Waals surface area contributed by atoms with E-state index >= 15 is 0 Å². The van der Waals surface area contributed by atoms with Crippen molar-refractivity contribution in [1.82, 2.24) is 10.2 Å². The van der Waals surface area contributed by atoms with Crippen LogP contribution in [0.15, 0.2) is 58.5 Å². The van der Waals surface area contributed by atoms with Gasteiger partial charge in [-0.05, 0) is 68.8 Å². The third-order valence-corrected chi connectivity index (χ3v) is 8.01.